The van der Waals surface area contributed by atoms with Crippen LogP contribution in [0.25, 0.3) is 39.0 Å². The third kappa shape index (κ3) is 4.61. The Morgan fingerprint density at radius 1 is 0.458 bits per heavy atom. The first kappa shape index (κ1) is 28.3. The lowest BCUT2D eigenvalue weighted by Gasteiger charge is -2.35. The number of fused-ring (bicyclic) bond motifs is 5. The van der Waals surface area contributed by atoms with Gasteiger partial charge in [0.25, 0.3) is 0 Å². The van der Waals surface area contributed by atoms with Gasteiger partial charge in [-0.1, -0.05) is 158 Å². The molecule has 0 aliphatic carbocycles. The average molecular weight is 633 g/mol. The summed E-state index contributed by atoms with van der Waals surface area (Å²) in [5.41, 5.74) is 7.87. The fraction of sp³-hybridized carbons (Fsp3) is 0.0227. The van der Waals surface area contributed by atoms with E-state index in [1.807, 2.05) is 6.07 Å². The topological polar surface area (TPSA) is 27.1 Å². The number of ether oxygens (including phenoxy) is 1. The Morgan fingerprint density at radius 3 is 1.65 bits per heavy atom. The summed E-state index contributed by atoms with van der Waals surface area (Å²) in [6.45, 7) is 0.445. The molecule has 0 amide bonds. The van der Waals surface area contributed by atoms with Crippen LogP contribution >= 0.6 is 0 Å². The Labute approximate surface area is 281 Å². The van der Waals surface area contributed by atoms with E-state index in [2.05, 4.69) is 180 Å². The molecule has 9 rings (SSSR count). The molecule has 0 unspecified atom stereocenters. The van der Waals surface area contributed by atoms with Crippen LogP contribution in [-0.2, 0) is 6.61 Å². The normalized spacial score (nSPS) is 12.2. The molecule has 2 heterocycles. The van der Waals surface area contributed by atoms with Gasteiger partial charge in [0, 0.05) is 0 Å². The number of hydrogen-bond acceptors (Lipinski definition) is 2. The van der Waals surface area contributed by atoms with Crippen LogP contribution in [0.2, 0.25) is 0 Å². The van der Waals surface area contributed by atoms with Crippen LogP contribution in [0.1, 0.15) is 5.82 Å². The van der Waals surface area contributed by atoms with Crippen molar-refractivity contribution in [2.75, 3.05) is 0 Å². The van der Waals surface area contributed by atoms with Crippen molar-refractivity contribution in [2.24, 2.45) is 0 Å². The molecule has 1 aliphatic heterocycles. The number of para-hydroxylation sites is 2. The number of nitrogens with zero attached hydrogens (tertiary/aromatic N) is 2. The molecule has 4 heteroatoms. The van der Waals surface area contributed by atoms with Gasteiger partial charge in [0.1, 0.15) is 12.4 Å². The molecule has 0 fully saturated rings. The monoisotopic (exact) mass is 632 g/mol. The second-order valence-electron chi connectivity index (χ2n) is 12.3. The predicted molar refractivity (Wildman–Crippen MR) is 200 cm³/mol. The summed E-state index contributed by atoms with van der Waals surface area (Å²) < 4.78 is 8.56. The van der Waals surface area contributed by atoms with Gasteiger partial charge in [0.05, 0.1) is 16.7 Å². The highest BCUT2D eigenvalue weighted by molar-refractivity contribution is 7.20. The maximum absolute atomic E-state index is 6.33. The Bertz CT molecular complexity index is 2360. The summed E-state index contributed by atoms with van der Waals surface area (Å²) in [6, 6.07) is 66.2. The van der Waals surface area contributed by atoms with Gasteiger partial charge in [-0.3, -0.25) is 4.57 Å². The summed E-state index contributed by atoms with van der Waals surface area (Å²) in [5, 5.41) is 5.40. The minimum Gasteiger partial charge on any atom is -0.483 e. The number of rotatable bonds is 6. The van der Waals surface area contributed by atoms with E-state index in [4.69, 9.17) is 9.72 Å². The molecule has 1 aromatic heterocycles. The maximum atomic E-state index is 6.33. The van der Waals surface area contributed by atoms with E-state index in [9.17, 15) is 0 Å². The number of aromatic nitrogens is 2. The van der Waals surface area contributed by atoms with Gasteiger partial charge in [-0.15, -0.1) is 0 Å². The number of imidazole rings is 1. The highest BCUT2D eigenvalue weighted by Crippen LogP contribution is 2.36. The molecule has 7 aromatic carbocycles. The Hall–Kier alpha value is -5.97. The minimum atomic E-state index is -2.77. The molecular weight excluding hydrogens is 601 g/mol. The van der Waals surface area contributed by atoms with Gasteiger partial charge in [0.15, 0.2) is 13.9 Å². The molecule has 0 saturated heterocycles. The van der Waals surface area contributed by atoms with Crippen molar-refractivity contribution in [3.05, 3.63) is 188 Å². The largest absolute Gasteiger partial charge is 0.483 e. The summed E-state index contributed by atoms with van der Waals surface area (Å²) in [7, 11) is -2.77. The van der Waals surface area contributed by atoms with E-state index in [1.165, 1.54) is 37.4 Å². The summed E-state index contributed by atoms with van der Waals surface area (Å²) >= 11 is 0. The van der Waals surface area contributed by atoms with Gasteiger partial charge in [-0.25, -0.2) is 4.98 Å². The molecule has 48 heavy (non-hydrogen) atoms. The minimum absolute atomic E-state index is 0.445. The second-order valence-corrected chi connectivity index (χ2v) is 16.1. The molecule has 0 atom stereocenters. The van der Waals surface area contributed by atoms with Crippen LogP contribution in [0.15, 0.2) is 182 Å². The summed E-state index contributed by atoms with van der Waals surface area (Å²) in [5.74, 6) is 1.80. The molecule has 0 radical (unpaired) electrons. The second kappa shape index (κ2) is 11.7. The maximum Gasteiger partial charge on any atom is 0.179 e. The van der Waals surface area contributed by atoms with E-state index in [0.29, 0.717) is 6.61 Å². The van der Waals surface area contributed by atoms with Gasteiger partial charge in [-0.05, 0) is 67.3 Å². The number of benzene rings is 7. The molecule has 0 spiro atoms. The molecule has 8 aromatic rings. The fourth-order valence-electron chi connectivity index (χ4n) is 7.45. The van der Waals surface area contributed by atoms with Crippen molar-refractivity contribution in [3.63, 3.8) is 0 Å². The smallest absolute Gasteiger partial charge is 0.179 e. The van der Waals surface area contributed by atoms with Crippen molar-refractivity contribution >= 4 is 39.9 Å². The van der Waals surface area contributed by atoms with Crippen molar-refractivity contribution in [3.8, 4) is 33.7 Å². The van der Waals surface area contributed by atoms with Crippen molar-refractivity contribution in [2.45, 2.75) is 6.61 Å². The lowest BCUT2D eigenvalue weighted by atomic mass is 10.0. The molecule has 0 bridgehead atoms. The first-order valence-electron chi connectivity index (χ1n) is 16.4. The first-order valence-corrected chi connectivity index (χ1v) is 18.4. The zero-order chi connectivity index (χ0) is 31.9. The Kier molecular flexibility index (Phi) is 6.88. The predicted octanol–water partition coefficient (Wildman–Crippen LogP) is 7.63. The van der Waals surface area contributed by atoms with E-state index in [-0.39, 0.29) is 0 Å². The van der Waals surface area contributed by atoms with E-state index in [1.54, 1.807) is 0 Å². The molecule has 1 aliphatic rings. The zero-order valence-corrected chi connectivity index (χ0v) is 27.3. The highest BCUT2D eigenvalue weighted by Gasteiger charge is 2.41. The first-order chi connectivity index (χ1) is 23.8. The van der Waals surface area contributed by atoms with Gasteiger partial charge >= 0.3 is 0 Å². The average Bonchev–Trinajstić information content (AvgIpc) is 3.56. The van der Waals surface area contributed by atoms with Gasteiger partial charge in [0.2, 0.25) is 0 Å². The fourth-order valence-corrected chi connectivity index (χ4v) is 12.3. The van der Waals surface area contributed by atoms with Crippen molar-refractivity contribution in [1.82, 2.24) is 9.55 Å². The van der Waals surface area contributed by atoms with Crippen LogP contribution in [-0.4, -0.2) is 17.6 Å². The SMILES string of the molecule is c1ccc(-c2cccc([Si](c3ccccc3)(c3ccccc3)c3cccc(-c4ccc5c(c4)OCc4nc6ccccc6n4-5)c3)c2)cc1. The van der Waals surface area contributed by atoms with Crippen molar-refractivity contribution in [1.29, 1.82) is 0 Å². The van der Waals surface area contributed by atoms with Crippen LogP contribution in [0.3, 0.4) is 0 Å². The molecule has 0 N–H and O–H groups in total. The standard InChI is InChI=1S/C44H32N2OSi/c1-4-14-32(15-5-1)33-16-12-22-38(28-33)48(36-18-6-2-7-19-36,37-20-8-3-9-21-37)39-23-13-17-34(29-39)35-26-27-42-43(30-35)47-31-44-45-40-24-10-11-25-41(40)46(42)44/h1-30H,31H2. The Balaban J connectivity index is 1.24. The lowest BCUT2D eigenvalue weighted by molar-refractivity contribution is 0.281. The third-order valence-corrected chi connectivity index (χ3v) is 14.4. The molecule has 228 valence electrons. The van der Waals surface area contributed by atoms with Crippen LogP contribution in [0.4, 0.5) is 0 Å². The molecule has 3 nitrogen and oxygen atoms in total. The highest BCUT2D eigenvalue weighted by atomic mass is 28.3. The van der Waals surface area contributed by atoms with E-state index >= 15 is 0 Å². The van der Waals surface area contributed by atoms with E-state index < -0.39 is 8.07 Å². The van der Waals surface area contributed by atoms with Gasteiger partial charge in [-0.2, -0.15) is 0 Å². The summed E-state index contributed by atoms with van der Waals surface area (Å²) in [4.78, 5) is 4.83. The van der Waals surface area contributed by atoms with E-state index in [0.717, 1.165) is 33.9 Å². The van der Waals surface area contributed by atoms with Crippen LogP contribution < -0.4 is 25.5 Å². The van der Waals surface area contributed by atoms with Gasteiger partial charge < -0.3 is 4.74 Å². The van der Waals surface area contributed by atoms with Crippen LogP contribution in [0.5, 0.6) is 5.75 Å². The molecular formula is C44H32N2OSi. The lowest BCUT2D eigenvalue weighted by Crippen LogP contribution is -2.74. The number of hydrogen-bond donors (Lipinski definition) is 0. The molecule has 0 saturated carbocycles. The third-order valence-electron chi connectivity index (χ3n) is 9.63. The Morgan fingerprint density at radius 2 is 0.979 bits per heavy atom. The van der Waals surface area contributed by atoms with Crippen molar-refractivity contribution < 1.29 is 4.74 Å². The summed E-state index contributed by atoms with van der Waals surface area (Å²) in [6.07, 6.45) is 0. The van der Waals surface area contributed by atoms with Crippen LogP contribution in [0, 0.1) is 0 Å². The zero-order valence-electron chi connectivity index (χ0n) is 26.3. The quantitative estimate of drug-likeness (QED) is 0.139.